The van der Waals surface area contributed by atoms with E-state index in [1.54, 1.807) is 24.3 Å². The molecule has 102 valence electrons. The second-order valence-corrected chi connectivity index (χ2v) is 4.37. The monoisotopic (exact) mass is 290 g/mol. The van der Waals surface area contributed by atoms with Crippen molar-refractivity contribution in [2.24, 2.45) is 5.73 Å². The van der Waals surface area contributed by atoms with Crippen LogP contribution in [0.25, 0.3) is 0 Å². The molecule has 1 aromatic heterocycles. The minimum absolute atomic E-state index is 0.0880. The van der Waals surface area contributed by atoms with Crippen molar-refractivity contribution in [3.63, 3.8) is 0 Å². The first kappa shape index (κ1) is 14.0. The summed E-state index contributed by atoms with van der Waals surface area (Å²) in [6.07, 6.45) is 2.54. The van der Waals surface area contributed by atoms with Gasteiger partial charge in [0.25, 0.3) is 5.91 Å². The number of halogens is 1. The highest BCUT2D eigenvalue weighted by Crippen LogP contribution is 2.30. The molecule has 2 rings (SSSR count). The Morgan fingerprint density at radius 2 is 2.20 bits per heavy atom. The van der Waals surface area contributed by atoms with E-state index in [9.17, 15) is 9.59 Å². The Balaban J connectivity index is 2.31. The van der Waals surface area contributed by atoms with Crippen LogP contribution < -0.4 is 10.5 Å². The maximum absolute atomic E-state index is 11.3. The van der Waals surface area contributed by atoms with Gasteiger partial charge in [0, 0.05) is 12.6 Å². The number of pyridine rings is 1. The molecule has 5 nitrogen and oxygen atoms in total. The quantitative estimate of drug-likeness (QED) is 0.857. The van der Waals surface area contributed by atoms with Crippen molar-refractivity contribution in [1.82, 2.24) is 4.98 Å². The van der Waals surface area contributed by atoms with E-state index in [4.69, 9.17) is 22.1 Å². The van der Waals surface area contributed by atoms with Gasteiger partial charge in [0.1, 0.15) is 17.6 Å². The first-order valence-corrected chi connectivity index (χ1v) is 6.14. The summed E-state index contributed by atoms with van der Waals surface area (Å²) in [6, 6.07) is 8.04. The Morgan fingerprint density at radius 3 is 2.85 bits per heavy atom. The molecule has 0 saturated carbocycles. The number of nitrogens with two attached hydrogens (primary N) is 1. The molecule has 0 aliphatic rings. The highest BCUT2D eigenvalue weighted by atomic mass is 35.5. The molecule has 0 aliphatic heterocycles. The lowest BCUT2D eigenvalue weighted by atomic mass is 10.1. The first-order chi connectivity index (χ1) is 9.61. The molecule has 0 bridgehead atoms. The smallest absolute Gasteiger partial charge is 0.254 e. The summed E-state index contributed by atoms with van der Waals surface area (Å²) in [5, 5.41) is 0.324. The Labute approximate surface area is 120 Å². The number of aromatic nitrogens is 1. The third-order valence-electron chi connectivity index (χ3n) is 2.56. The van der Waals surface area contributed by atoms with Crippen LogP contribution in [0.5, 0.6) is 11.6 Å². The number of carbonyl (C=O) groups excluding carboxylic acids is 2. The van der Waals surface area contributed by atoms with E-state index in [2.05, 4.69) is 4.98 Å². The van der Waals surface area contributed by atoms with Crippen LogP contribution in [0, 0.1) is 0 Å². The lowest BCUT2D eigenvalue weighted by Gasteiger charge is -2.09. The van der Waals surface area contributed by atoms with Gasteiger partial charge in [-0.3, -0.25) is 4.79 Å². The van der Waals surface area contributed by atoms with Crippen molar-refractivity contribution < 1.29 is 14.3 Å². The van der Waals surface area contributed by atoms with Gasteiger partial charge in [-0.1, -0.05) is 17.7 Å². The Bertz CT molecular complexity index is 659. The number of hydrogen-bond donors (Lipinski definition) is 1. The fraction of sp³-hybridized carbons (Fsp3) is 0.0714. The summed E-state index contributed by atoms with van der Waals surface area (Å²) in [5.41, 5.74) is 6.18. The number of hydrogen-bond acceptors (Lipinski definition) is 4. The summed E-state index contributed by atoms with van der Waals surface area (Å²) >= 11 is 6.06. The Hall–Kier alpha value is -2.40. The minimum atomic E-state index is -0.637. The molecule has 2 N–H and O–H groups in total. The molecular weight excluding hydrogens is 280 g/mol. The predicted octanol–water partition coefficient (Wildman–Crippen LogP) is 2.37. The summed E-state index contributed by atoms with van der Waals surface area (Å²) in [7, 11) is 0. The van der Waals surface area contributed by atoms with Gasteiger partial charge in [-0.15, -0.1) is 0 Å². The summed E-state index contributed by atoms with van der Waals surface area (Å²) in [5.74, 6) is -0.214. The fourth-order valence-electron chi connectivity index (χ4n) is 1.61. The molecule has 2 aromatic rings. The van der Waals surface area contributed by atoms with Crippen LogP contribution >= 0.6 is 11.6 Å². The zero-order chi connectivity index (χ0) is 14.5. The lowest BCUT2D eigenvalue weighted by molar-refractivity contribution is -0.107. The van der Waals surface area contributed by atoms with Crippen LogP contribution in [-0.4, -0.2) is 17.2 Å². The van der Waals surface area contributed by atoms with Gasteiger partial charge in [0.2, 0.25) is 5.88 Å². The van der Waals surface area contributed by atoms with Gasteiger partial charge in [0.15, 0.2) is 0 Å². The second kappa shape index (κ2) is 6.16. The third kappa shape index (κ3) is 3.13. The number of aldehydes is 1. The third-order valence-corrected chi connectivity index (χ3v) is 2.85. The largest absolute Gasteiger partial charge is 0.437 e. The van der Waals surface area contributed by atoms with Crippen molar-refractivity contribution in [3.8, 4) is 11.6 Å². The van der Waals surface area contributed by atoms with Gasteiger partial charge in [0.05, 0.1) is 5.02 Å². The zero-order valence-corrected chi connectivity index (χ0v) is 11.1. The zero-order valence-electron chi connectivity index (χ0n) is 10.4. The summed E-state index contributed by atoms with van der Waals surface area (Å²) in [6.45, 7) is 0. The maximum atomic E-state index is 11.3. The number of ether oxygens (including phenoxy) is 1. The van der Waals surface area contributed by atoms with Crippen molar-refractivity contribution in [1.29, 1.82) is 0 Å². The van der Waals surface area contributed by atoms with Gasteiger partial charge in [-0.2, -0.15) is 0 Å². The van der Waals surface area contributed by atoms with Crippen molar-refractivity contribution in [2.75, 3.05) is 0 Å². The standard InChI is InChI=1S/C14H11ClN2O3/c15-11-8-9(5-7-18)3-4-12(11)20-14-10(13(16)19)2-1-6-17-14/h1-4,6-8H,5H2,(H2,16,19). The number of rotatable bonds is 5. The molecule has 1 amide bonds. The molecule has 0 aliphatic carbocycles. The van der Waals surface area contributed by atoms with Crippen LogP contribution in [0.2, 0.25) is 5.02 Å². The van der Waals surface area contributed by atoms with Gasteiger partial charge in [-0.25, -0.2) is 4.98 Å². The predicted molar refractivity (Wildman–Crippen MR) is 74.0 cm³/mol. The average Bonchev–Trinajstić information content (AvgIpc) is 2.42. The van der Waals surface area contributed by atoms with Crippen LogP contribution in [0.1, 0.15) is 15.9 Å². The molecule has 0 fully saturated rings. The number of amides is 1. The number of primary amides is 1. The van der Waals surface area contributed by atoms with Crippen LogP contribution in [-0.2, 0) is 11.2 Å². The number of carbonyl (C=O) groups is 2. The van der Waals surface area contributed by atoms with Gasteiger partial charge >= 0.3 is 0 Å². The molecule has 20 heavy (non-hydrogen) atoms. The molecule has 0 saturated heterocycles. The van der Waals surface area contributed by atoms with E-state index in [0.29, 0.717) is 10.8 Å². The lowest BCUT2D eigenvalue weighted by Crippen LogP contribution is -2.12. The molecule has 0 spiro atoms. The summed E-state index contributed by atoms with van der Waals surface area (Å²) < 4.78 is 5.50. The molecular formula is C14H11ClN2O3. The van der Waals surface area contributed by atoms with E-state index in [-0.39, 0.29) is 17.9 Å². The van der Waals surface area contributed by atoms with Crippen molar-refractivity contribution in [2.45, 2.75) is 6.42 Å². The minimum Gasteiger partial charge on any atom is -0.437 e. The van der Waals surface area contributed by atoms with E-state index in [1.165, 1.54) is 12.3 Å². The van der Waals surface area contributed by atoms with Crippen LogP contribution in [0.3, 0.4) is 0 Å². The van der Waals surface area contributed by atoms with E-state index in [0.717, 1.165) is 11.8 Å². The average molecular weight is 291 g/mol. The van der Waals surface area contributed by atoms with Crippen LogP contribution in [0.4, 0.5) is 0 Å². The van der Waals surface area contributed by atoms with Crippen molar-refractivity contribution in [3.05, 3.63) is 52.7 Å². The van der Waals surface area contributed by atoms with E-state index < -0.39 is 5.91 Å². The highest BCUT2D eigenvalue weighted by molar-refractivity contribution is 6.32. The molecule has 1 heterocycles. The molecule has 0 atom stereocenters. The maximum Gasteiger partial charge on any atom is 0.254 e. The molecule has 0 radical (unpaired) electrons. The molecule has 0 unspecified atom stereocenters. The van der Waals surface area contributed by atoms with Gasteiger partial charge in [-0.05, 0) is 29.8 Å². The van der Waals surface area contributed by atoms with E-state index >= 15 is 0 Å². The van der Waals surface area contributed by atoms with Gasteiger partial charge < -0.3 is 15.3 Å². The first-order valence-electron chi connectivity index (χ1n) is 5.76. The fourth-order valence-corrected chi connectivity index (χ4v) is 1.86. The van der Waals surface area contributed by atoms with Crippen LogP contribution in [0.15, 0.2) is 36.5 Å². The summed E-state index contributed by atoms with van der Waals surface area (Å²) in [4.78, 5) is 25.7. The number of nitrogens with zero attached hydrogens (tertiary/aromatic N) is 1. The second-order valence-electron chi connectivity index (χ2n) is 3.96. The van der Waals surface area contributed by atoms with E-state index in [1.807, 2.05) is 0 Å². The number of benzene rings is 1. The normalized spacial score (nSPS) is 10.1. The SMILES string of the molecule is NC(=O)c1cccnc1Oc1ccc(CC=O)cc1Cl. The molecule has 1 aromatic carbocycles. The Morgan fingerprint density at radius 1 is 1.40 bits per heavy atom. The topological polar surface area (TPSA) is 82.3 Å². The Kier molecular flexibility index (Phi) is 4.32. The van der Waals surface area contributed by atoms with Crippen molar-refractivity contribution >= 4 is 23.8 Å². The molecule has 6 heteroatoms. The highest BCUT2D eigenvalue weighted by Gasteiger charge is 2.12.